The Bertz CT molecular complexity index is 921. The molecule has 2 aromatic rings. The maximum absolute atomic E-state index is 12.2. The molecule has 0 spiro atoms. The number of nitrogens with one attached hydrogen (secondary N) is 2. The van der Waals surface area contributed by atoms with E-state index in [4.69, 9.17) is 0 Å². The molecule has 3 rings (SSSR count). The van der Waals surface area contributed by atoms with E-state index in [-0.39, 0.29) is 18.2 Å². The average molecular weight is 392 g/mol. The molecule has 6 nitrogen and oxygen atoms in total. The third-order valence-electron chi connectivity index (χ3n) is 3.87. The smallest absolute Gasteiger partial charge is 0.240 e. The summed E-state index contributed by atoms with van der Waals surface area (Å²) in [6, 6.07) is 17.3. The van der Waals surface area contributed by atoms with Crippen LogP contribution in [0.2, 0.25) is 0 Å². The number of benzene rings is 2. The van der Waals surface area contributed by atoms with Crippen molar-refractivity contribution in [3.05, 3.63) is 71.8 Å². The third kappa shape index (κ3) is 5.92. The molecule has 2 N–H and O–H groups in total. The summed E-state index contributed by atoms with van der Waals surface area (Å²) in [5.74, 6) is -0.454. The van der Waals surface area contributed by atoms with Crippen molar-refractivity contribution >= 4 is 46.7 Å². The lowest BCUT2D eigenvalue weighted by molar-refractivity contribution is -0.122. The van der Waals surface area contributed by atoms with Crippen LogP contribution in [0.25, 0.3) is 6.08 Å². The zero-order valence-corrected chi connectivity index (χ0v) is 16.1. The van der Waals surface area contributed by atoms with Crippen molar-refractivity contribution in [3.63, 3.8) is 0 Å². The normalized spacial score (nSPS) is 18.1. The number of anilines is 1. The zero-order valence-electron chi connectivity index (χ0n) is 15.3. The first-order valence-electron chi connectivity index (χ1n) is 8.77. The predicted molar refractivity (Wildman–Crippen MR) is 115 cm³/mol. The molecular formula is C21H20N4O2S. The number of thioether (sulfide) groups is 1. The average Bonchev–Trinajstić information content (AvgIpc) is 3.03. The minimum absolute atomic E-state index is 0.0705. The van der Waals surface area contributed by atoms with Gasteiger partial charge in [-0.2, -0.15) is 5.10 Å². The molecule has 1 saturated heterocycles. The molecule has 0 saturated carbocycles. The third-order valence-corrected chi connectivity index (χ3v) is 4.94. The number of amidine groups is 1. The van der Waals surface area contributed by atoms with E-state index >= 15 is 0 Å². The SMILES string of the molecule is Cc1ccc(NC(=O)C[C@@H]2S/C(=N/N=C\C=C\c3ccccc3)NC2=O)cc1. The van der Waals surface area contributed by atoms with Crippen LogP contribution in [0, 0.1) is 6.92 Å². The zero-order chi connectivity index (χ0) is 19.8. The van der Waals surface area contributed by atoms with Crippen LogP contribution in [-0.2, 0) is 9.59 Å². The first kappa shape index (κ1) is 19.6. The van der Waals surface area contributed by atoms with Crippen molar-refractivity contribution in [2.45, 2.75) is 18.6 Å². The van der Waals surface area contributed by atoms with Crippen LogP contribution >= 0.6 is 11.8 Å². The summed E-state index contributed by atoms with van der Waals surface area (Å²) in [4.78, 5) is 24.2. The van der Waals surface area contributed by atoms with Gasteiger partial charge in [-0.15, -0.1) is 5.10 Å². The van der Waals surface area contributed by atoms with Gasteiger partial charge < -0.3 is 10.6 Å². The highest BCUT2D eigenvalue weighted by Gasteiger charge is 2.32. The molecule has 28 heavy (non-hydrogen) atoms. The molecule has 2 aromatic carbocycles. The molecule has 0 unspecified atom stereocenters. The van der Waals surface area contributed by atoms with Gasteiger partial charge in [0.25, 0.3) is 0 Å². The number of amides is 2. The number of allylic oxidation sites excluding steroid dienone is 1. The van der Waals surface area contributed by atoms with Gasteiger partial charge in [-0.25, -0.2) is 0 Å². The highest BCUT2D eigenvalue weighted by Crippen LogP contribution is 2.23. The van der Waals surface area contributed by atoms with Crippen molar-refractivity contribution in [2.24, 2.45) is 10.2 Å². The lowest BCUT2D eigenvalue weighted by Crippen LogP contribution is -2.28. The number of carbonyl (C=O) groups excluding carboxylic acids is 2. The van der Waals surface area contributed by atoms with Crippen LogP contribution in [-0.4, -0.2) is 28.4 Å². The van der Waals surface area contributed by atoms with Crippen LogP contribution in [0.15, 0.2) is 70.9 Å². The maximum atomic E-state index is 12.2. The van der Waals surface area contributed by atoms with Crippen LogP contribution < -0.4 is 10.6 Å². The molecule has 0 radical (unpaired) electrons. The van der Waals surface area contributed by atoms with Gasteiger partial charge in [0.05, 0.1) is 0 Å². The molecule has 1 atom stereocenters. The first-order chi connectivity index (χ1) is 13.6. The highest BCUT2D eigenvalue weighted by atomic mass is 32.2. The summed E-state index contributed by atoms with van der Waals surface area (Å²) in [5.41, 5.74) is 2.89. The monoisotopic (exact) mass is 392 g/mol. The molecule has 142 valence electrons. The van der Waals surface area contributed by atoms with Crippen molar-refractivity contribution < 1.29 is 9.59 Å². The van der Waals surface area contributed by atoms with Crippen molar-refractivity contribution in [3.8, 4) is 0 Å². The Morgan fingerprint density at radius 3 is 2.68 bits per heavy atom. The molecule has 7 heteroatoms. The Morgan fingerprint density at radius 2 is 1.93 bits per heavy atom. The first-order valence-corrected chi connectivity index (χ1v) is 9.65. The maximum Gasteiger partial charge on any atom is 0.240 e. The van der Waals surface area contributed by atoms with Gasteiger partial charge in [0.15, 0.2) is 5.17 Å². The Morgan fingerprint density at radius 1 is 1.18 bits per heavy atom. The molecule has 1 heterocycles. The van der Waals surface area contributed by atoms with E-state index in [0.29, 0.717) is 10.9 Å². The molecule has 1 aliphatic heterocycles. The van der Waals surface area contributed by atoms with E-state index in [1.165, 1.54) is 11.8 Å². The minimum atomic E-state index is -0.515. The predicted octanol–water partition coefficient (Wildman–Crippen LogP) is 3.61. The highest BCUT2D eigenvalue weighted by molar-refractivity contribution is 8.15. The van der Waals surface area contributed by atoms with E-state index in [2.05, 4.69) is 20.8 Å². The van der Waals surface area contributed by atoms with Crippen LogP contribution in [0.3, 0.4) is 0 Å². The summed E-state index contributed by atoms with van der Waals surface area (Å²) in [6.07, 6.45) is 5.29. The lowest BCUT2D eigenvalue weighted by atomic mass is 10.2. The Hall–Kier alpha value is -3.19. The molecule has 0 bridgehead atoms. The van der Waals surface area contributed by atoms with Crippen LogP contribution in [0.1, 0.15) is 17.5 Å². The Labute approximate surface area is 167 Å². The molecule has 0 aromatic heterocycles. The van der Waals surface area contributed by atoms with Gasteiger partial charge in [0.2, 0.25) is 11.8 Å². The van der Waals surface area contributed by atoms with E-state index in [1.807, 2.05) is 67.6 Å². The Balaban J connectivity index is 1.49. The number of rotatable bonds is 6. The summed E-state index contributed by atoms with van der Waals surface area (Å²) in [7, 11) is 0. The van der Waals surface area contributed by atoms with Crippen molar-refractivity contribution in [1.29, 1.82) is 0 Å². The van der Waals surface area contributed by atoms with Gasteiger partial charge >= 0.3 is 0 Å². The summed E-state index contributed by atoms with van der Waals surface area (Å²) in [5, 5.41) is 13.2. The number of carbonyl (C=O) groups is 2. The van der Waals surface area contributed by atoms with Crippen molar-refractivity contribution in [2.75, 3.05) is 5.32 Å². The fourth-order valence-electron chi connectivity index (χ4n) is 2.45. The fourth-order valence-corrected chi connectivity index (χ4v) is 3.37. The topological polar surface area (TPSA) is 82.9 Å². The Kier molecular flexibility index (Phi) is 6.75. The van der Waals surface area contributed by atoms with E-state index in [1.54, 1.807) is 12.3 Å². The standard InChI is InChI=1S/C21H20N4O2S/c1-15-9-11-17(12-10-15)23-19(26)14-18-20(27)24-21(28-18)25-22-13-5-8-16-6-3-2-4-7-16/h2-13,18H,14H2,1H3,(H,23,26)(H,24,25,27)/b8-5+,22-13-/t18-/m0/s1. The lowest BCUT2D eigenvalue weighted by Gasteiger charge is -2.07. The number of aryl methyl sites for hydroxylation is 1. The largest absolute Gasteiger partial charge is 0.326 e. The van der Waals surface area contributed by atoms with Gasteiger partial charge in [0, 0.05) is 18.3 Å². The quantitative estimate of drug-likeness (QED) is 0.582. The van der Waals surface area contributed by atoms with Gasteiger partial charge in [-0.05, 0) is 30.7 Å². The van der Waals surface area contributed by atoms with Gasteiger partial charge in [0.1, 0.15) is 5.25 Å². The molecular weight excluding hydrogens is 372 g/mol. The van der Waals surface area contributed by atoms with Crippen molar-refractivity contribution in [1.82, 2.24) is 5.32 Å². The summed E-state index contributed by atoms with van der Waals surface area (Å²) >= 11 is 1.21. The van der Waals surface area contributed by atoms with Crippen LogP contribution in [0.4, 0.5) is 5.69 Å². The second-order valence-corrected chi connectivity index (χ2v) is 7.35. The second-order valence-electron chi connectivity index (χ2n) is 6.15. The number of hydrogen-bond donors (Lipinski definition) is 2. The van der Waals surface area contributed by atoms with E-state index < -0.39 is 5.25 Å². The molecule has 1 aliphatic rings. The van der Waals surface area contributed by atoms with E-state index in [9.17, 15) is 9.59 Å². The van der Waals surface area contributed by atoms with Crippen LogP contribution in [0.5, 0.6) is 0 Å². The number of nitrogens with zero attached hydrogens (tertiary/aromatic N) is 2. The molecule has 1 fully saturated rings. The summed E-state index contributed by atoms with van der Waals surface area (Å²) in [6.45, 7) is 1.98. The van der Waals surface area contributed by atoms with Gasteiger partial charge in [-0.1, -0.05) is 65.9 Å². The molecule has 2 amide bonds. The summed E-state index contributed by atoms with van der Waals surface area (Å²) < 4.78 is 0. The van der Waals surface area contributed by atoms with E-state index in [0.717, 1.165) is 11.1 Å². The number of hydrogen-bond acceptors (Lipinski definition) is 5. The molecule has 0 aliphatic carbocycles. The van der Waals surface area contributed by atoms with Gasteiger partial charge in [-0.3, -0.25) is 9.59 Å². The second kappa shape index (κ2) is 9.66. The minimum Gasteiger partial charge on any atom is -0.326 e. The fraction of sp³-hybridized carbons (Fsp3) is 0.143.